The predicted molar refractivity (Wildman–Crippen MR) is 63.7 cm³/mol. The molecule has 0 saturated carbocycles. The van der Waals surface area contributed by atoms with Crippen molar-refractivity contribution in [2.24, 2.45) is 5.41 Å². The Labute approximate surface area is 92.0 Å². The van der Waals surface area contributed by atoms with Crippen LogP contribution < -0.4 is 0 Å². The van der Waals surface area contributed by atoms with Crippen LogP contribution in [0.2, 0.25) is 0 Å². The van der Waals surface area contributed by atoms with Gasteiger partial charge >= 0.3 is 5.97 Å². The molecule has 0 saturated heterocycles. The van der Waals surface area contributed by atoms with Crippen molar-refractivity contribution in [1.82, 2.24) is 0 Å². The van der Waals surface area contributed by atoms with Crippen molar-refractivity contribution in [2.75, 3.05) is 0 Å². The molecule has 0 heterocycles. The van der Waals surface area contributed by atoms with Crippen LogP contribution in [0, 0.1) is 5.41 Å². The molecule has 2 heteroatoms. The molecule has 0 fully saturated rings. The maximum absolute atomic E-state index is 10.4. The van der Waals surface area contributed by atoms with E-state index >= 15 is 0 Å². The molecule has 0 rings (SSSR count). The maximum atomic E-state index is 10.4. The molecule has 0 unspecified atom stereocenters. The summed E-state index contributed by atoms with van der Waals surface area (Å²) in [7, 11) is 0. The molecule has 0 aromatic carbocycles. The lowest BCUT2D eigenvalue weighted by atomic mass is 9.86. The van der Waals surface area contributed by atoms with E-state index in [0.717, 1.165) is 11.1 Å². The average Bonchev–Trinajstić information content (AvgIpc) is 2.09. The fraction of sp³-hybridized carbons (Fsp3) is 0.462. The average molecular weight is 208 g/mol. The van der Waals surface area contributed by atoms with Crippen molar-refractivity contribution in [2.45, 2.75) is 33.6 Å². The molecule has 0 aromatic rings. The third-order valence-electron chi connectivity index (χ3n) is 2.21. The zero-order chi connectivity index (χ0) is 12.1. The number of hydrogen-bond acceptors (Lipinski definition) is 1. The first-order chi connectivity index (χ1) is 6.77. The van der Waals surface area contributed by atoms with Crippen LogP contribution in [0.25, 0.3) is 0 Å². The quantitative estimate of drug-likeness (QED) is 0.701. The van der Waals surface area contributed by atoms with Crippen molar-refractivity contribution >= 4 is 5.97 Å². The highest BCUT2D eigenvalue weighted by Crippen LogP contribution is 2.26. The first kappa shape index (κ1) is 13.7. The van der Waals surface area contributed by atoms with Crippen LogP contribution in [0.5, 0.6) is 0 Å². The number of aliphatic carboxylic acids is 1. The standard InChI is InChI=1S/C13H20O2/c1-6-11(7-8-12(14)15)9-10(2)13(3,4)5/h6,9H,1-2,7-8H2,3-5H3,(H,14,15)/b11-9+. The molecular formula is C13H20O2. The minimum atomic E-state index is -0.788. The van der Waals surface area contributed by atoms with Crippen LogP contribution in [0.3, 0.4) is 0 Å². The van der Waals surface area contributed by atoms with Crippen molar-refractivity contribution in [3.63, 3.8) is 0 Å². The first-order valence-electron chi connectivity index (χ1n) is 5.01. The monoisotopic (exact) mass is 208 g/mol. The highest BCUT2D eigenvalue weighted by atomic mass is 16.4. The summed E-state index contributed by atoms with van der Waals surface area (Å²) in [6.45, 7) is 13.9. The van der Waals surface area contributed by atoms with E-state index in [0.29, 0.717) is 6.42 Å². The van der Waals surface area contributed by atoms with E-state index in [1.54, 1.807) is 6.08 Å². The van der Waals surface area contributed by atoms with E-state index in [4.69, 9.17) is 5.11 Å². The Balaban J connectivity index is 4.53. The third-order valence-corrected chi connectivity index (χ3v) is 2.21. The van der Waals surface area contributed by atoms with Crippen molar-refractivity contribution in [3.05, 3.63) is 36.5 Å². The number of carbonyl (C=O) groups is 1. The number of carboxylic acids is 1. The van der Waals surface area contributed by atoms with Crippen molar-refractivity contribution in [3.8, 4) is 0 Å². The maximum Gasteiger partial charge on any atom is 0.303 e. The molecule has 0 radical (unpaired) electrons. The SMILES string of the molecule is C=C/C(=C\C(=C)C(C)(C)C)CCC(=O)O. The molecular weight excluding hydrogens is 188 g/mol. The van der Waals surface area contributed by atoms with Crippen molar-refractivity contribution < 1.29 is 9.90 Å². The van der Waals surface area contributed by atoms with Crippen LogP contribution >= 0.6 is 0 Å². The minimum Gasteiger partial charge on any atom is -0.481 e. The summed E-state index contributed by atoms with van der Waals surface area (Å²) in [5.41, 5.74) is 1.93. The summed E-state index contributed by atoms with van der Waals surface area (Å²) >= 11 is 0. The van der Waals surface area contributed by atoms with Crippen LogP contribution in [-0.2, 0) is 4.79 Å². The second kappa shape index (κ2) is 5.54. The van der Waals surface area contributed by atoms with Gasteiger partial charge in [0.1, 0.15) is 0 Å². The Morgan fingerprint density at radius 2 is 1.87 bits per heavy atom. The molecule has 0 spiro atoms. The second-order valence-corrected chi connectivity index (χ2v) is 4.59. The Morgan fingerprint density at radius 1 is 1.33 bits per heavy atom. The van der Waals surface area contributed by atoms with E-state index in [1.165, 1.54) is 0 Å². The van der Waals surface area contributed by atoms with E-state index < -0.39 is 5.97 Å². The van der Waals surface area contributed by atoms with Crippen LogP contribution in [-0.4, -0.2) is 11.1 Å². The van der Waals surface area contributed by atoms with Gasteiger partial charge in [0.15, 0.2) is 0 Å². The lowest BCUT2D eigenvalue weighted by Gasteiger charge is -2.19. The molecule has 0 aromatic heterocycles. The van der Waals surface area contributed by atoms with Gasteiger partial charge in [0.25, 0.3) is 0 Å². The van der Waals surface area contributed by atoms with Crippen LogP contribution in [0.1, 0.15) is 33.6 Å². The highest BCUT2D eigenvalue weighted by molar-refractivity contribution is 5.67. The Hall–Kier alpha value is -1.31. The summed E-state index contributed by atoms with van der Waals surface area (Å²) in [6, 6.07) is 0. The number of rotatable bonds is 5. The van der Waals surface area contributed by atoms with E-state index in [2.05, 4.69) is 33.9 Å². The summed E-state index contributed by atoms with van der Waals surface area (Å²) in [5.74, 6) is -0.788. The van der Waals surface area contributed by atoms with Gasteiger partial charge in [0, 0.05) is 6.42 Å². The fourth-order valence-electron chi connectivity index (χ4n) is 0.925. The fourth-order valence-corrected chi connectivity index (χ4v) is 0.925. The van der Waals surface area contributed by atoms with Gasteiger partial charge in [0.05, 0.1) is 0 Å². The van der Waals surface area contributed by atoms with Gasteiger partial charge in [-0.15, -0.1) is 0 Å². The zero-order valence-electron chi connectivity index (χ0n) is 9.84. The number of allylic oxidation sites excluding steroid dienone is 4. The van der Waals surface area contributed by atoms with Gasteiger partial charge in [0.2, 0.25) is 0 Å². The smallest absolute Gasteiger partial charge is 0.303 e. The summed E-state index contributed by atoms with van der Waals surface area (Å²) in [5, 5.41) is 8.57. The number of hydrogen-bond donors (Lipinski definition) is 1. The second-order valence-electron chi connectivity index (χ2n) is 4.59. The summed E-state index contributed by atoms with van der Waals surface area (Å²) in [6.07, 6.45) is 4.26. The topological polar surface area (TPSA) is 37.3 Å². The van der Waals surface area contributed by atoms with Crippen LogP contribution in [0.15, 0.2) is 36.5 Å². The Morgan fingerprint density at radius 3 is 2.20 bits per heavy atom. The zero-order valence-corrected chi connectivity index (χ0v) is 9.84. The van der Waals surface area contributed by atoms with Gasteiger partial charge in [-0.25, -0.2) is 0 Å². The van der Waals surface area contributed by atoms with Crippen LogP contribution in [0.4, 0.5) is 0 Å². The lowest BCUT2D eigenvalue weighted by molar-refractivity contribution is -0.136. The molecule has 0 aliphatic rings. The molecule has 0 aliphatic carbocycles. The van der Waals surface area contributed by atoms with Gasteiger partial charge in [-0.05, 0) is 23.0 Å². The molecule has 0 amide bonds. The normalized spacial score (nSPS) is 12.3. The van der Waals surface area contributed by atoms with Gasteiger partial charge in [-0.1, -0.05) is 46.1 Å². The van der Waals surface area contributed by atoms with E-state index in [-0.39, 0.29) is 11.8 Å². The largest absolute Gasteiger partial charge is 0.481 e. The molecule has 0 atom stereocenters. The van der Waals surface area contributed by atoms with Gasteiger partial charge in [-0.2, -0.15) is 0 Å². The lowest BCUT2D eigenvalue weighted by Crippen LogP contribution is -2.06. The Bertz CT molecular complexity index is 290. The first-order valence-corrected chi connectivity index (χ1v) is 5.01. The third kappa shape index (κ3) is 5.89. The summed E-state index contributed by atoms with van der Waals surface area (Å²) in [4.78, 5) is 10.4. The molecule has 84 valence electrons. The van der Waals surface area contributed by atoms with E-state index in [9.17, 15) is 4.79 Å². The molecule has 0 aliphatic heterocycles. The van der Waals surface area contributed by atoms with Gasteiger partial charge < -0.3 is 5.11 Å². The minimum absolute atomic E-state index is 0.0114. The highest BCUT2D eigenvalue weighted by Gasteiger charge is 2.13. The number of carboxylic acid groups (broad SMARTS) is 1. The van der Waals surface area contributed by atoms with Crippen molar-refractivity contribution in [1.29, 1.82) is 0 Å². The summed E-state index contributed by atoms with van der Waals surface area (Å²) < 4.78 is 0. The van der Waals surface area contributed by atoms with E-state index in [1.807, 2.05) is 6.08 Å². The predicted octanol–water partition coefficient (Wildman–Crippen LogP) is 3.57. The molecule has 1 N–H and O–H groups in total. The molecule has 2 nitrogen and oxygen atoms in total. The molecule has 0 bridgehead atoms. The molecule has 15 heavy (non-hydrogen) atoms. The Kier molecular flexibility index (Phi) is 5.06. The van der Waals surface area contributed by atoms with Gasteiger partial charge in [-0.3, -0.25) is 4.79 Å².